The maximum absolute atomic E-state index is 12.9. The molecule has 0 spiro atoms. The molecule has 81 heavy (non-hydrogen) atoms. The van der Waals surface area contributed by atoms with Crippen molar-refractivity contribution in [2.24, 2.45) is 0 Å². The molecule has 0 aliphatic heterocycles. The number of esters is 3. The number of hydrogen-bond donors (Lipinski definition) is 0. The Labute approximate surface area is 501 Å². The minimum absolute atomic E-state index is 0.0860. The molecular formula is C75H126O6. The summed E-state index contributed by atoms with van der Waals surface area (Å²) in [5.74, 6) is -0.900. The second kappa shape index (κ2) is 68.3. The molecule has 1 atom stereocenters. The van der Waals surface area contributed by atoms with Crippen LogP contribution >= 0.6 is 0 Å². The summed E-state index contributed by atoms with van der Waals surface area (Å²) in [5, 5.41) is 0. The van der Waals surface area contributed by atoms with Crippen molar-refractivity contribution in [3.05, 3.63) is 122 Å². The van der Waals surface area contributed by atoms with E-state index in [-0.39, 0.29) is 31.1 Å². The van der Waals surface area contributed by atoms with Crippen molar-refractivity contribution in [1.29, 1.82) is 0 Å². The molecule has 0 bridgehead atoms. The Kier molecular flexibility index (Phi) is 64.8. The highest BCUT2D eigenvalue weighted by Gasteiger charge is 2.19. The van der Waals surface area contributed by atoms with E-state index in [9.17, 15) is 14.4 Å². The van der Waals surface area contributed by atoms with Gasteiger partial charge in [-0.2, -0.15) is 0 Å². The third-order valence-corrected chi connectivity index (χ3v) is 14.4. The summed E-state index contributed by atoms with van der Waals surface area (Å²) < 4.78 is 16.9. The first-order valence-electron chi connectivity index (χ1n) is 34.0. The molecule has 0 aliphatic rings. The fraction of sp³-hybridized carbons (Fsp3) is 0.693. The van der Waals surface area contributed by atoms with Crippen molar-refractivity contribution in [3.8, 4) is 0 Å². The van der Waals surface area contributed by atoms with Gasteiger partial charge in [-0.3, -0.25) is 14.4 Å². The van der Waals surface area contributed by atoms with Gasteiger partial charge in [-0.1, -0.05) is 290 Å². The van der Waals surface area contributed by atoms with Crippen molar-refractivity contribution in [2.45, 2.75) is 322 Å². The number of ether oxygens (including phenoxy) is 3. The second-order valence-corrected chi connectivity index (χ2v) is 22.3. The number of hydrogen-bond acceptors (Lipinski definition) is 6. The van der Waals surface area contributed by atoms with Gasteiger partial charge >= 0.3 is 17.9 Å². The second-order valence-electron chi connectivity index (χ2n) is 22.3. The topological polar surface area (TPSA) is 78.9 Å². The number of rotatable bonds is 61. The lowest BCUT2D eigenvalue weighted by atomic mass is 10.0. The normalized spacial score (nSPS) is 12.9. The standard InChI is InChI=1S/C75H126O6/c1-4-7-10-13-16-19-22-25-27-29-30-31-32-33-34-35-36-37-38-39-40-41-42-43-44-46-47-50-53-56-59-62-65-68-74(77)80-71-72(70-79-73(76)67-64-61-58-55-52-49-24-21-18-15-12-9-6-3)81-75(78)69-66-63-60-57-54-51-48-45-28-26-23-20-17-14-11-8-5-2/h7,10,12,15-16,19,21,24-28,30-31,33-34,36-37,39-40,72H,4-6,8-9,11,13-14,17-18,20,22-23,29,32,35,38,41-71H2,1-3H3/b10-7-,15-12-,19-16-,24-21-,27-25-,28-26-,31-30-,34-33-,37-36-,40-39-. The fourth-order valence-corrected chi connectivity index (χ4v) is 9.34. The Morgan fingerprint density at radius 1 is 0.259 bits per heavy atom. The van der Waals surface area contributed by atoms with Crippen LogP contribution in [-0.4, -0.2) is 37.2 Å². The predicted molar refractivity (Wildman–Crippen MR) is 353 cm³/mol. The van der Waals surface area contributed by atoms with E-state index in [1.165, 1.54) is 141 Å². The average molecular weight is 1120 g/mol. The Morgan fingerprint density at radius 3 is 0.815 bits per heavy atom. The molecule has 462 valence electrons. The molecule has 0 amide bonds. The molecule has 0 aromatic heterocycles. The van der Waals surface area contributed by atoms with Gasteiger partial charge in [0.25, 0.3) is 0 Å². The van der Waals surface area contributed by atoms with Crippen LogP contribution in [0.15, 0.2) is 122 Å². The summed E-state index contributed by atoms with van der Waals surface area (Å²) in [7, 11) is 0. The number of allylic oxidation sites excluding steroid dienone is 20. The predicted octanol–water partition coefficient (Wildman–Crippen LogP) is 23.6. The highest BCUT2D eigenvalue weighted by molar-refractivity contribution is 5.71. The molecule has 1 unspecified atom stereocenters. The van der Waals surface area contributed by atoms with Crippen LogP contribution in [0.1, 0.15) is 316 Å². The first-order valence-corrected chi connectivity index (χ1v) is 34.0. The smallest absolute Gasteiger partial charge is 0.306 e. The molecule has 0 aliphatic carbocycles. The highest BCUT2D eigenvalue weighted by atomic mass is 16.6. The molecule has 6 heteroatoms. The molecule has 0 rings (SSSR count). The van der Waals surface area contributed by atoms with Gasteiger partial charge in [0.2, 0.25) is 0 Å². The number of carbonyl (C=O) groups excluding carboxylic acids is 3. The van der Waals surface area contributed by atoms with Gasteiger partial charge in [-0.05, 0) is 128 Å². The largest absolute Gasteiger partial charge is 0.462 e. The van der Waals surface area contributed by atoms with E-state index < -0.39 is 6.10 Å². The Hall–Kier alpha value is -4.19. The lowest BCUT2D eigenvalue weighted by molar-refractivity contribution is -0.167. The van der Waals surface area contributed by atoms with Crippen LogP contribution < -0.4 is 0 Å². The zero-order chi connectivity index (χ0) is 58.5. The molecule has 0 fully saturated rings. The van der Waals surface area contributed by atoms with Gasteiger partial charge in [0, 0.05) is 19.3 Å². The monoisotopic (exact) mass is 1120 g/mol. The molecule has 0 heterocycles. The van der Waals surface area contributed by atoms with Crippen LogP contribution in [0.5, 0.6) is 0 Å². The number of unbranched alkanes of at least 4 members (excludes halogenated alkanes) is 30. The summed E-state index contributed by atoms with van der Waals surface area (Å²) in [6, 6.07) is 0. The molecule has 0 saturated carbocycles. The van der Waals surface area contributed by atoms with E-state index in [2.05, 4.69) is 142 Å². The van der Waals surface area contributed by atoms with E-state index in [1.807, 2.05) is 0 Å². The van der Waals surface area contributed by atoms with Crippen LogP contribution in [0.3, 0.4) is 0 Å². The zero-order valence-electron chi connectivity index (χ0n) is 53.0. The lowest BCUT2D eigenvalue weighted by Gasteiger charge is -2.18. The number of carbonyl (C=O) groups is 3. The molecule has 0 N–H and O–H groups in total. The summed E-state index contributed by atoms with van der Waals surface area (Å²) in [5.41, 5.74) is 0. The average Bonchev–Trinajstić information content (AvgIpc) is 3.46. The molecule has 0 aromatic rings. The first-order chi connectivity index (χ1) is 40.0. The first kappa shape index (κ1) is 76.8. The van der Waals surface area contributed by atoms with Gasteiger partial charge < -0.3 is 14.2 Å². The Balaban J connectivity index is 4.25. The Bertz CT molecular complexity index is 1670. The fourth-order valence-electron chi connectivity index (χ4n) is 9.34. The lowest BCUT2D eigenvalue weighted by Crippen LogP contribution is -2.30. The minimum atomic E-state index is -0.790. The van der Waals surface area contributed by atoms with Crippen molar-refractivity contribution in [1.82, 2.24) is 0 Å². The molecule has 0 saturated heterocycles. The quantitative estimate of drug-likeness (QED) is 0.0261. The SMILES string of the molecule is CC/C=C\C/C=C\C/C=C\C/C=C\C/C=C\C/C=C\C/C=C\CCCCCCCCCCCCCC(=O)OCC(COC(=O)CCCCCCC/C=C\C/C=C\CCC)OC(=O)CCCCCCCCC/C=C\CCCCCCCC. The van der Waals surface area contributed by atoms with Crippen LogP contribution in [0, 0.1) is 0 Å². The third kappa shape index (κ3) is 66.5. The molecule has 6 nitrogen and oxygen atoms in total. The highest BCUT2D eigenvalue weighted by Crippen LogP contribution is 2.16. The van der Waals surface area contributed by atoms with Crippen molar-refractivity contribution >= 4 is 17.9 Å². The molecule has 0 radical (unpaired) electrons. The van der Waals surface area contributed by atoms with Crippen molar-refractivity contribution in [3.63, 3.8) is 0 Å². The van der Waals surface area contributed by atoms with Crippen molar-refractivity contribution in [2.75, 3.05) is 13.2 Å². The zero-order valence-corrected chi connectivity index (χ0v) is 53.0. The summed E-state index contributed by atoms with van der Waals surface area (Å²) in [6.45, 7) is 6.46. The van der Waals surface area contributed by atoms with Gasteiger partial charge in [0.15, 0.2) is 6.10 Å². The van der Waals surface area contributed by atoms with E-state index >= 15 is 0 Å². The molecule has 0 aromatic carbocycles. The summed E-state index contributed by atoms with van der Waals surface area (Å²) >= 11 is 0. The van der Waals surface area contributed by atoms with E-state index in [4.69, 9.17) is 14.2 Å². The van der Waals surface area contributed by atoms with Gasteiger partial charge in [-0.15, -0.1) is 0 Å². The molecular weight excluding hydrogens is 997 g/mol. The summed E-state index contributed by atoms with van der Waals surface area (Å²) in [4.78, 5) is 38.3. The van der Waals surface area contributed by atoms with Gasteiger partial charge in [0.1, 0.15) is 13.2 Å². The van der Waals surface area contributed by atoms with Crippen molar-refractivity contribution < 1.29 is 28.6 Å². The summed E-state index contributed by atoms with van der Waals surface area (Å²) in [6.07, 6.45) is 95.0. The maximum atomic E-state index is 12.9. The minimum Gasteiger partial charge on any atom is -0.462 e. The maximum Gasteiger partial charge on any atom is 0.306 e. The van der Waals surface area contributed by atoms with Gasteiger partial charge in [0.05, 0.1) is 0 Å². The van der Waals surface area contributed by atoms with Gasteiger partial charge in [-0.25, -0.2) is 0 Å². The third-order valence-electron chi connectivity index (χ3n) is 14.4. The van der Waals surface area contributed by atoms with Crippen LogP contribution in [-0.2, 0) is 28.6 Å². The van der Waals surface area contributed by atoms with E-state index in [0.29, 0.717) is 19.3 Å². The van der Waals surface area contributed by atoms with Crippen LogP contribution in [0.4, 0.5) is 0 Å². The van der Waals surface area contributed by atoms with Crippen LogP contribution in [0.2, 0.25) is 0 Å². The Morgan fingerprint density at radius 2 is 0.506 bits per heavy atom. The van der Waals surface area contributed by atoms with E-state index in [0.717, 1.165) is 135 Å². The van der Waals surface area contributed by atoms with Crippen LogP contribution in [0.25, 0.3) is 0 Å². The van der Waals surface area contributed by atoms with E-state index in [1.54, 1.807) is 0 Å².